The summed E-state index contributed by atoms with van der Waals surface area (Å²) in [6.45, 7) is 1.83. The topological polar surface area (TPSA) is 80.2 Å². The zero-order chi connectivity index (χ0) is 16.9. The first kappa shape index (κ1) is 16.1. The van der Waals surface area contributed by atoms with Crippen LogP contribution in [0.4, 0.5) is 10.3 Å². The Hall–Kier alpha value is -2.77. The molecule has 0 spiro atoms. The summed E-state index contributed by atoms with van der Waals surface area (Å²) >= 11 is 0. The molecule has 24 heavy (non-hydrogen) atoms. The Labute approximate surface area is 138 Å². The van der Waals surface area contributed by atoms with Gasteiger partial charge < -0.3 is 15.0 Å². The van der Waals surface area contributed by atoms with Crippen molar-refractivity contribution < 1.29 is 13.9 Å². The number of carbonyl (C=O) groups excluding carboxylic acids is 1. The summed E-state index contributed by atoms with van der Waals surface area (Å²) in [6.07, 6.45) is 2.18. The minimum absolute atomic E-state index is 0.0155. The highest BCUT2D eigenvalue weighted by Crippen LogP contribution is 2.17. The van der Waals surface area contributed by atoms with E-state index in [0.29, 0.717) is 11.8 Å². The molecule has 0 unspecified atom stereocenters. The number of hydrogen-bond acceptors (Lipinski definition) is 6. The standard InChI is InChI=1S/C16H18FN5O2/c1-24-16-20-13(19-15(21-16)22-8-4-5-9-22)10-18-14(23)11-6-2-3-7-12(11)17/h2-3,6-7H,4-5,8-10H2,1H3,(H,18,23). The quantitative estimate of drug-likeness (QED) is 0.895. The van der Waals surface area contributed by atoms with Crippen LogP contribution in [0.25, 0.3) is 0 Å². The monoisotopic (exact) mass is 331 g/mol. The molecule has 1 aromatic carbocycles. The number of aromatic nitrogens is 3. The van der Waals surface area contributed by atoms with Gasteiger partial charge in [-0.25, -0.2) is 4.39 Å². The van der Waals surface area contributed by atoms with E-state index >= 15 is 0 Å². The summed E-state index contributed by atoms with van der Waals surface area (Å²) in [4.78, 5) is 26.9. The van der Waals surface area contributed by atoms with E-state index in [1.807, 2.05) is 4.90 Å². The van der Waals surface area contributed by atoms with E-state index in [0.717, 1.165) is 25.9 Å². The normalized spacial score (nSPS) is 13.8. The van der Waals surface area contributed by atoms with E-state index in [1.54, 1.807) is 6.07 Å². The number of anilines is 1. The largest absolute Gasteiger partial charge is 0.467 e. The number of nitrogens with one attached hydrogen (secondary N) is 1. The fourth-order valence-electron chi connectivity index (χ4n) is 2.52. The van der Waals surface area contributed by atoms with Crippen molar-refractivity contribution in [3.63, 3.8) is 0 Å². The van der Waals surface area contributed by atoms with E-state index in [9.17, 15) is 9.18 Å². The van der Waals surface area contributed by atoms with Gasteiger partial charge in [-0.2, -0.15) is 15.0 Å². The predicted molar refractivity (Wildman–Crippen MR) is 85.4 cm³/mol. The fraction of sp³-hybridized carbons (Fsp3) is 0.375. The molecule has 1 aliphatic rings. The second kappa shape index (κ2) is 7.20. The minimum atomic E-state index is -0.569. The maximum absolute atomic E-state index is 13.6. The molecule has 2 heterocycles. The van der Waals surface area contributed by atoms with E-state index in [2.05, 4.69) is 20.3 Å². The molecule has 1 aliphatic heterocycles. The van der Waals surface area contributed by atoms with Gasteiger partial charge in [-0.05, 0) is 25.0 Å². The highest BCUT2D eigenvalue weighted by atomic mass is 19.1. The molecule has 0 saturated carbocycles. The lowest BCUT2D eigenvalue weighted by Gasteiger charge is -2.16. The number of benzene rings is 1. The summed E-state index contributed by atoms with van der Waals surface area (Å²) in [7, 11) is 1.48. The number of amides is 1. The number of ether oxygens (including phenoxy) is 1. The second-order valence-electron chi connectivity index (χ2n) is 5.40. The van der Waals surface area contributed by atoms with Crippen LogP contribution in [0.15, 0.2) is 24.3 Å². The van der Waals surface area contributed by atoms with Gasteiger partial charge in [0, 0.05) is 13.1 Å². The first-order valence-corrected chi connectivity index (χ1v) is 7.74. The highest BCUT2D eigenvalue weighted by molar-refractivity contribution is 5.94. The lowest BCUT2D eigenvalue weighted by molar-refractivity contribution is 0.0945. The zero-order valence-electron chi connectivity index (χ0n) is 13.3. The molecule has 1 fully saturated rings. The third-order valence-electron chi connectivity index (χ3n) is 3.75. The molecule has 0 bridgehead atoms. The Morgan fingerprint density at radius 2 is 2.00 bits per heavy atom. The number of hydrogen-bond donors (Lipinski definition) is 1. The van der Waals surface area contributed by atoms with Crippen LogP contribution in [0.3, 0.4) is 0 Å². The Morgan fingerprint density at radius 1 is 1.25 bits per heavy atom. The van der Waals surface area contributed by atoms with Crippen molar-refractivity contribution in [3.05, 3.63) is 41.5 Å². The molecular weight excluding hydrogens is 313 g/mol. The lowest BCUT2D eigenvalue weighted by atomic mass is 10.2. The molecular formula is C16H18FN5O2. The first-order valence-electron chi connectivity index (χ1n) is 7.74. The third-order valence-corrected chi connectivity index (χ3v) is 3.75. The van der Waals surface area contributed by atoms with Gasteiger partial charge in [0.25, 0.3) is 5.91 Å². The summed E-state index contributed by atoms with van der Waals surface area (Å²) in [6, 6.07) is 6.00. The number of nitrogens with zero attached hydrogens (tertiary/aromatic N) is 4. The van der Waals surface area contributed by atoms with Gasteiger partial charge in [0.05, 0.1) is 19.2 Å². The van der Waals surface area contributed by atoms with Gasteiger partial charge >= 0.3 is 6.01 Å². The summed E-state index contributed by atoms with van der Waals surface area (Å²) < 4.78 is 18.7. The van der Waals surface area contributed by atoms with Crippen molar-refractivity contribution in [1.82, 2.24) is 20.3 Å². The molecule has 7 nitrogen and oxygen atoms in total. The Balaban J connectivity index is 1.73. The van der Waals surface area contributed by atoms with Crippen LogP contribution in [-0.2, 0) is 6.54 Å². The fourth-order valence-corrected chi connectivity index (χ4v) is 2.52. The van der Waals surface area contributed by atoms with E-state index < -0.39 is 11.7 Å². The van der Waals surface area contributed by atoms with Crippen molar-refractivity contribution in [3.8, 4) is 6.01 Å². The van der Waals surface area contributed by atoms with Crippen LogP contribution in [0, 0.1) is 5.82 Å². The van der Waals surface area contributed by atoms with Crippen molar-refractivity contribution in [2.45, 2.75) is 19.4 Å². The molecule has 0 aliphatic carbocycles. The van der Waals surface area contributed by atoms with Gasteiger partial charge in [-0.15, -0.1) is 0 Å². The molecule has 0 atom stereocenters. The maximum atomic E-state index is 13.6. The van der Waals surface area contributed by atoms with Gasteiger partial charge in [0.15, 0.2) is 5.82 Å². The lowest BCUT2D eigenvalue weighted by Crippen LogP contribution is -2.26. The molecule has 0 radical (unpaired) electrons. The van der Waals surface area contributed by atoms with Crippen LogP contribution >= 0.6 is 0 Å². The van der Waals surface area contributed by atoms with Crippen molar-refractivity contribution >= 4 is 11.9 Å². The molecule has 1 amide bonds. The molecule has 126 valence electrons. The third kappa shape index (κ3) is 3.58. The van der Waals surface area contributed by atoms with Crippen LogP contribution in [0.2, 0.25) is 0 Å². The van der Waals surface area contributed by atoms with Crippen molar-refractivity contribution in [1.29, 1.82) is 0 Å². The Bertz CT molecular complexity index is 734. The smallest absolute Gasteiger partial charge is 0.321 e. The molecule has 1 N–H and O–H groups in total. The van der Waals surface area contributed by atoms with E-state index in [-0.39, 0.29) is 18.1 Å². The van der Waals surface area contributed by atoms with Gasteiger partial charge in [0.2, 0.25) is 5.95 Å². The van der Waals surface area contributed by atoms with Gasteiger partial charge in [0.1, 0.15) is 5.82 Å². The number of methoxy groups -OCH3 is 1. The Kier molecular flexibility index (Phi) is 4.83. The van der Waals surface area contributed by atoms with E-state index in [4.69, 9.17) is 4.74 Å². The summed E-state index contributed by atoms with van der Waals surface area (Å²) in [5, 5.41) is 2.62. The minimum Gasteiger partial charge on any atom is -0.467 e. The predicted octanol–water partition coefficient (Wildman–Crippen LogP) is 1.55. The van der Waals surface area contributed by atoms with Crippen molar-refractivity contribution in [2.75, 3.05) is 25.1 Å². The number of carbonyl (C=O) groups is 1. The SMILES string of the molecule is COc1nc(CNC(=O)c2ccccc2F)nc(N2CCCC2)n1. The molecule has 8 heteroatoms. The number of rotatable bonds is 5. The maximum Gasteiger partial charge on any atom is 0.321 e. The second-order valence-corrected chi connectivity index (χ2v) is 5.40. The molecule has 1 aromatic heterocycles. The summed E-state index contributed by atoms with van der Waals surface area (Å²) in [5.41, 5.74) is -0.0155. The Morgan fingerprint density at radius 3 is 2.71 bits per heavy atom. The average Bonchev–Trinajstić information content (AvgIpc) is 3.14. The van der Waals surface area contributed by atoms with Gasteiger partial charge in [-0.1, -0.05) is 12.1 Å². The zero-order valence-corrected chi connectivity index (χ0v) is 13.3. The summed E-state index contributed by atoms with van der Waals surface area (Å²) in [5.74, 6) is -0.181. The van der Waals surface area contributed by atoms with Crippen LogP contribution < -0.4 is 15.0 Å². The molecule has 1 saturated heterocycles. The molecule has 3 rings (SSSR count). The highest BCUT2D eigenvalue weighted by Gasteiger charge is 2.18. The van der Waals surface area contributed by atoms with Crippen LogP contribution in [0.5, 0.6) is 6.01 Å². The van der Waals surface area contributed by atoms with E-state index in [1.165, 1.54) is 25.3 Å². The van der Waals surface area contributed by atoms with Crippen LogP contribution in [0.1, 0.15) is 29.0 Å². The van der Waals surface area contributed by atoms with Crippen LogP contribution in [-0.4, -0.2) is 41.1 Å². The van der Waals surface area contributed by atoms with Crippen molar-refractivity contribution in [2.24, 2.45) is 0 Å². The number of halogens is 1. The molecule has 2 aromatic rings. The first-order chi connectivity index (χ1) is 11.7. The van der Waals surface area contributed by atoms with Gasteiger partial charge in [-0.3, -0.25) is 4.79 Å². The average molecular weight is 331 g/mol.